The minimum absolute atomic E-state index is 0.448. The van der Waals surface area contributed by atoms with Crippen LogP contribution in [0.15, 0.2) is 30.3 Å². The number of fused-ring (bicyclic) bond motifs is 1. The van der Waals surface area contributed by atoms with E-state index in [0.29, 0.717) is 0 Å². The molecule has 0 fully saturated rings. The van der Waals surface area contributed by atoms with Gasteiger partial charge in [-0.05, 0) is 11.6 Å². The van der Waals surface area contributed by atoms with Gasteiger partial charge in [-0.15, -0.1) is 0 Å². The Morgan fingerprint density at radius 2 is 1.94 bits per heavy atom. The van der Waals surface area contributed by atoms with Crippen LogP contribution in [-0.2, 0) is 4.79 Å². The molecule has 1 aromatic carbocycles. The summed E-state index contributed by atoms with van der Waals surface area (Å²) in [5.74, 6) is -0.448. The van der Waals surface area contributed by atoms with Crippen molar-refractivity contribution in [2.45, 2.75) is 9.83 Å². The molecule has 0 amide bonds. The third kappa shape index (κ3) is 2.44. The van der Waals surface area contributed by atoms with Crippen molar-refractivity contribution in [2.24, 2.45) is 0 Å². The number of benzene rings is 1. The van der Waals surface area contributed by atoms with E-state index in [1.54, 1.807) is 18.0 Å². The van der Waals surface area contributed by atoms with Crippen LogP contribution in [0.1, 0.15) is 5.56 Å². The zero-order valence-electron chi connectivity index (χ0n) is 9.03. The molecule has 17 heavy (non-hydrogen) atoms. The molecule has 1 heterocycles. The lowest BCUT2D eigenvalue weighted by molar-refractivity contribution is -0.118. The number of ketones is 1. The summed E-state index contributed by atoms with van der Waals surface area (Å²) in [6.45, 7) is 0. The Bertz CT molecular complexity index is 479. The first-order chi connectivity index (χ1) is 7.91. The number of carbonyl (C=O) groups is 1. The van der Waals surface area contributed by atoms with E-state index in [1.807, 2.05) is 30.3 Å². The smallest absolute Gasteiger partial charge is 0.251 e. The highest BCUT2D eigenvalue weighted by molar-refractivity contribution is 6.76. The fraction of sp³-hybridized carbons (Fsp3) is 0.250. The lowest BCUT2D eigenvalue weighted by atomic mass is 10.0. The molecule has 1 aliphatic rings. The van der Waals surface area contributed by atoms with E-state index in [0.717, 1.165) is 11.3 Å². The number of para-hydroxylation sites is 1. The lowest BCUT2D eigenvalue weighted by Crippen LogP contribution is -2.44. The van der Waals surface area contributed by atoms with Crippen molar-refractivity contribution in [3.63, 3.8) is 0 Å². The number of hydrogen-bond acceptors (Lipinski definition) is 2. The van der Waals surface area contributed by atoms with Crippen LogP contribution < -0.4 is 4.90 Å². The predicted molar refractivity (Wildman–Crippen MR) is 73.0 cm³/mol. The number of likely N-dealkylation sites (N-methyl/N-ethyl adjacent to an activating group) is 1. The number of halogens is 3. The minimum atomic E-state index is -1.89. The maximum Gasteiger partial charge on any atom is 0.251 e. The zero-order valence-corrected chi connectivity index (χ0v) is 11.3. The standard InChI is InChI=1S/C12H10Cl3NO/c1-16-9-5-3-2-4-8(9)6-7-10(16)11(17)12(13,14)15/h2-7,10H,1H3. The van der Waals surface area contributed by atoms with Crippen LogP contribution in [-0.4, -0.2) is 22.7 Å². The third-order valence-corrected chi connectivity index (χ3v) is 3.30. The van der Waals surface area contributed by atoms with Gasteiger partial charge in [-0.1, -0.05) is 65.2 Å². The van der Waals surface area contributed by atoms with Crippen LogP contribution in [0.5, 0.6) is 0 Å². The van der Waals surface area contributed by atoms with E-state index in [-0.39, 0.29) is 0 Å². The van der Waals surface area contributed by atoms with E-state index in [9.17, 15) is 4.79 Å². The highest BCUT2D eigenvalue weighted by Gasteiger charge is 2.38. The van der Waals surface area contributed by atoms with Crippen LogP contribution in [0, 0.1) is 0 Å². The Balaban J connectivity index is 2.36. The maximum atomic E-state index is 12.0. The summed E-state index contributed by atoms with van der Waals surface area (Å²) in [7, 11) is 1.81. The fourth-order valence-electron chi connectivity index (χ4n) is 1.85. The van der Waals surface area contributed by atoms with Crippen LogP contribution in [0.2, 0.25) is 0 Å². The Kier molecular flexibility index (Phi) is 3.39. The van der Waals surface area contributed by atoms with E-state index < -0.39 is 15.6 Å². The van der Waals surface area contributed by atoms with Gasteiger partial charge >= 0.3 is 0 Å². The van der Waals surface area contributed by atoms with Gasteiger partial charge in [0.15, 0.2) is 0 Å². The quantitative estimate of drug-likeness (QED) is 0.738. The third-order valence-electron chi connectivity index (χ3n) is 2.74. The molecule has 0 saturated heterocycles. The average Bonchev–Trinajstić information content (AvgIpc) is 2.28. The molecular weight excluding hydrogens is 280 g/mol. The topological polar surface area (TPSA) is 20.3 Å². The Hall–Kier alpha value is -0.700. The molecular formula is C12H10Cl3NO. The number of nitrogens with zero attached hydrogens (tertiary/aromatic N) is 1. The molecule has 0 aliphatic carbocycles. The molecule has 5 heteroatoms. The van der Waals surface area contributed by atoms with Crippen molar-refractivity contribution in [1.29, 1.82) is 0 Å². The van der Waals surface area contributed by atoms with Gasteiger partial charge in [-0.25, -0.2) is 0 Å². The number of carbonyl (C=O) groups excluding carboxylic acids is 1. The summed E-state index contributed by atoms with van der Waals surface area (Å²) < 4.78 is -1.89. The van der Waals surface area contributed by atoms with Gasteiger partial charge in [-0.3, -0.25) is 4.79 Å². The molecule has 90 valence electrons. The van der Waals surface area contributed by atoms with Crippen molar-refractivity contribution >= 4 is 52.3 Å². The number of rotatable bonds is 1. The normalized spacial score (nSPS) is 19.1. The van der Waals surface area contributed by atoms with Gasteiger partial charge in [0.05, 0.1) is 0 Å². The molecule has 1 atom stereocenters. The van der Waals surface area contributed by atoms with E-state index in [4.69, 9.17) is 34.8 Å². The van der Waals surface area contributed by atoms with Crippen LogP contribution in [0.3, 0.4) is 0 Å². The number of Topliss-reactive ketones (excluding diaryl/α,β-unsaturated/α-hetero) is 1. The molecule has 1 aromatic rings. The maximum absolute atomic E-state index is 12.0. The first-order valence-corrected chi connectivity index (χ1v) is 6.16. The molecule has 0 saturated carbocycles. The van der Waals surface area contributed by atoms with Gasteiger partial charge in [-0.2, -0.15) is 0 Å². The fourth-order valence-corrected chi connectivity index (χ4v) is 2.19. The first kappa shape index (κ1) is 12.7. The molecule has 0 radical (unpaired) electrons. The Morgan fingerprint density at radius 3 is 2.59 bits per heavy atom. The number of alkyl halides is 3. The second kappa shape index (κ2) is 4.52. The monoisotopic (exact) mass is 289 g/mol. The van der Waals surface area contributed by atoms with Gasteiger partial charge in [0, 0.05) is 12.7 Å². The first-order valence-electron chi connectivity index (χ1n) is 5.02. The minimum Gasteiger partial charge on any atom is -0.360 e. The van der Waals surface area contributed by atoms with Gasteiger partial charge in [0.1, 0.15) is 6.04 Å². The van der Waals surface area contributed by atoms with Crippen molar-refractivity contribution in [3.8, 4) is 0 Å². The van der Waals surface area contributed by atoms with E-state index in [1.165, 1.54) is 0 Å². The van der Waals surface area contributed by atoms with Crippen LogP contribution in [0.4, 0.5) is 5.69 Å². The van der Waals surface area contributed by atoms with Gasteiger partial charge in [0.2, 0.25) is 5.78 Å². The van der Waals surface area contributed by atoms with Crippen molar-refractivity contribution in [2.75, 3.05) is 11.9 Å². The van der Waals surface area contributed by atoms with Crippen LogP contribution in [0.25, 0.3) is 6.08 Å². The zero-order chi connectivity index (χ0) is 12.6. The molecule has 1 aliphatic heterocycles. The number of anilines is 1. The number of hydrogen-bond donors (Lipinski definition) is 0. The summed E-state index contributed by atoms with van der Waals surface area (Å²) >= 11 is 16.9. The molecule has 0 aromatic heterocycles. The molecule has 2 nitrogen and oxygen atoms in total. The summed E-state index contributed by atoms with van der Waals surface area (Å²) in [4.78, 5) is 13.8. The van der Waals surface area contributed by atoms with Crippen molar-refractivity contribution < 1.29 is 4.79 Å². The Morgan fingerprint density at radius 1 is 1.29 bits per heavy atom. The lowest BCUT2D eigenvalue weighted by Gasteiger charge is -2.32. The second-order valence-electron chi connectivity index (χ2n) is 3.84. The largest absolute Gasteiger partial charge is 0.360 e. The van der Waals surface area contributed by atoms with Gasteiger partial charge < -0.3 is 4.90 Å². The molecule has 0 N–H and O–H groups in total. The Labute approximate surface area is 115 Å². The predicted octanol–water partition coefficient (Wildman–Crippen LogP) is 3.46. The SMILES string of the molecule is CN1c2ccccc2C=CC1C(=O)C(Cl)(Cl)Cl. The molecule has 0 bridgehead atoms. The van der Waals surface area contributed by atoms with Crippen molar-refractivity contribution in [3.05, 3.63) is 35.9 Å². The second-order valence-corrected chi connectivity index (χ2v) is 6.12. The summed E-state index contributed by atoms with van der Waals surface area (Å²) in [5.41, 5.74) is 1.99. The molecule has 2 rings (SSSR count). The summed E-state index contributed by atoms with van der Waals surface area (Å²) in [5, 5.41) is 0. The van der Waals surface area contributed by atoms with Crippen LogP contribution >= 0.6 is 34.8 Å². The molecule has 1 unspecified atom stereocenters. The van der Waals surface area contributed by atoms with E-state index >= 15 is 0 Å². The van der Waals surface area contributed by atoms with Crippen molar-refractivity contribution in [1.82, 2.24) is 0 Å². The average molecular weight is 291 g/mol. The molecule has 0 spiro atoms. The highest BCUT2D eigenvalue weighted by atomic mass is 35.6. The highest BCUT2D eigenvalue weighted by Crippen LogP contribution is 2.34. The van der Waals surface area contributed by atoms with E-state index in [2.05, 4.69) is 0 Å². The summed E-state index contributed by atoms with van der Waals surface area (Å²) in [6, 6.07) is 7.20. The van der Waals surface area contributed by atoms with Gasteiger partial charge in [0.25, 0.3) is 3.79 Å². The summed E-state index contributed by atoms with van der Waals surface area (Å²) in [6.07, 6.45) is 3.61.